The molecule has 0 aliphatic carbocycles. The summed E-state index contributed by atoms with van der Waals surface area (Å²) >= 11 is 3.43. The van der Waals surface area contributed by atoms with Gasteiger partial charge in [0, 0.05) is 17.2 Å². The number of aliphatic imine (C=N–C) groups is 1. The second-order valence-electron chi connectivity index (χ2n) is 8.21. The van der Waals surface area contributed by atoms with E-state index in [2.05, 4.69) is 30.6 Å². The van der Waals surface area contributed by atoms with Gasteiger partial charge in [-0.25, -0.2) is 22.5 Å². The van der Waals surface area contributed by atoms with E-state index in [4.69, 9.17) is 0 Å². The van der Waals surface area contributed by atoms with Gasteiger partial charge in [0.25, 0.3) is 5.56 Å². The normalized spacial score (nSPS) is 11.8. The van der Waals surface area contributed by atoms with E-state index < -0.39 is 27.2 Å². The van der Waals surface area contributed by atoms with E-state index in [1.54, 1.807) is 19.1 Å². The summed E-state index contributed by atoms with van der Waals surface area (Å²) in [6.07, 6.45) is 1.13. The summed E-state index contributed by atoms with van der Waals surface area (Å²) in [7, 11) is -3.75. The largest absolute Gasteiger partial charge is 0.493 e. The number of sulfonamides is 1. The molecule has 0 amide bonds. The number of hydrogen-bond acceptors (Lipinski definition) is 6. The van der Waals surface area contributed by atoms with Gasteiger partial charge in [-0.2, -0.15) is 0 Å². The Kier molecular flexibility index (Phi) is 7.58. The van der Waals surface area contributed by atoms with Crippen LogP contribution in [0.25, 0.3) is 5.69 Å². The monoisotopic (exact) mass is 582 g/mol. The SMILES string of the molecule is Cc1c(Br)ccc(-n2c(O)c(C=Nc3ccc(S(=O)(=O)NCc4ccccc4)cc3)c(=O)[nH]c2=O)c1C. The van der Waals surface area contributed by atoms with E-state index in [0.29, 0.717) is 11.4 Å². The highest BCUT2D eigenvalue weighted by Gasteiger charge is 2.17. The zero-order chi connectivity index (χ0) is 26.7. The first-order chi connectivity index (χ1) is 17.6. The molecule has 37 heavy (non-hydrogen) atoms. The van der Waals surface area contributed by atoms with Crippen molar-refractivity contribution in [2.45, 2.75) is 25.3 Å². The molecular formula is C26H23BrN4O5S. The van der Waals surface area contributed by atoms with Crippen LogP contribution >= 0.6 is 15.9 Å². The van der Waals surface area contributed by atoms with E-state index in [9.17, 15) is 23.1 Å². The van der Waals surface area contributed by atoms with E-state index in [1.165, 1.54) is 24.3 Å². The molecule has 1 aromatic heterocycles. The summed E-state index contributed by atoms with van der Waals surface area (Å²) < 4.78 is 29.6. The third-order valence-electron chi connectivity index (χ3n) is 5.85. The summed E-state index contributed by atoms with van der Waals surface area (Å²) in [6.45, 7) is 3.81. The number of aromatic nitrogens is 2. The molecule has 1 heterocycles. The van der Waals surface area contributed by atoms with Gasteiger partial charge in [-0.15, -0.1) is 0 Å². The summed E-state index contributed by atoms with van der Waals surface area (Å²) in [4.78, 5) is 31.4. The molecule has 190 valence electrons. The smallest absolute Gasteiger partial charge is 0.335 e. The minimum atomic E-state index is -3.75. The molecule has 4 aromatic rings. The maximum Gasteiger partial charge on any atom is 0.335 e. The van der Waals surface area contributed by atoms with Gasteiger partial charge < -0.3 is 5.11 Å². The van der Waals surface area contributed by atoms with Crippen LogP contribution < -0.4 is 16.0 Å². The lowest BCUT2D eigenvalue weighted by atomic mass is 10.1. The van der Waals surface area contributed by atoms with E-state index in [0.717, 1.165) is 31.9 Å². The lowest BCUT2D eigenvalue weighted by Crippen LogP contribution is -2.31. The van der Waals surface area contributed by atoms with Crippen molar-refractivity contribution in [1.82, 2.24) is 14.3 Å². The van der Waals surface area contributed by atoms with Crippen molar-refractivity contribution in [3.8, 4) is 11.6 Å². The van der Waals surface area contributed by atoms with Gasteiger partial charge in [-0.05, 0) is 66.9 Å². The molecule has 0 radical (unpaired) electrons. The summed E-state index contributed by atoms with van der Waals surface area (Å²) in [6, 6.07) is 18.2. The number of nitrogens with zero attached hydrogens (tertiary/aromatic N) is 2. The van der Waals surface area contributed by atoms with Crippen LogP contribution in [0.4, 0.5) is 5.69 Å². The Morgan fingerprint density at radius 2 is 1.68 bits per heavy atom. The number of aromatic amines is 1. The van der Waals surface area contributed by atoms with Gasteiger partial charge in [0.1, 0.15) is 5.56 Å². The van der Waals surface area contributed by atoms with Gasteiger partial charge in [0.15, 0.2) is 0 Å². The lowest BCUT2D eigenvalue weighted by molar-refractivity contribution is 0.430. The predicted octanol–water partition coefficient (Wildman–Crippen LogP) is 3.84. The Morgan fingerprint density at radius 3 is 2.35 bits per heavy atom. The van der Waals surface area contributed by atoms with Crippen molar-refractivity contribution >= 4 is 37.9 Å². The zero-order valence-electron chi connectivity index (χ0n) is 19.9. The molecule has 3 N–H and O–H groups in total. The van der Waals surface area contributed by atoms with Crippen LogP contribution in [0.3, 0.4) is 0 Å². The molecule has 11 heteroatoms. The highest BCUT2D eigenvalue weighted by atomic mass is 79.9. The minimum absolute atomic E-state index is 0.0534. The molecule has 4 rings (SSSR count). The molecule has 0 aliphatic rings. The van der Waals surface area contributed by atoms with Crippen molar-refractivity contribution < 1.29 is 13.5 Å². The first kappa shape index (κ1) is 26.3. The highest BCUT2D eigenvalue weighted by molar-refractivity contribution is 9.10. The molecule has 0 atom stereocenters. The number of rotatable bonds is 7. The molecule has 0 saturated carbocycles. The lowest BCUT2D eigenvalue weighted by Gasteiger charge is -2.14. The Labute approximate surface area is 221 Å². The quantitative estimate of drug-likeness (QED) is 0.285. The number of H-pyrrole nitrogens is 1. The van der Waals surface area contributed by atoms with Gasteiger partial charge in [-0.1, -0.05) is 46.3 Å². The molecule has 9 nitrogen and oxygen atoms in total. The third kappa shape index (κ3) is 5.63. The van der Waals surface area contributed by atoms with Gasteiger partial charge in [0.2, 0.25) is 15.9 Å². The van der Waals surface area contributed by atoms with E-state index in [-0.39, 0.29) is 17.0 Å². The number of hydrogen-bond donors (Lipinski definition) is 3. The van der Waals surface area contributed by atoms with Crippen molar-refractivity contribution in [3.05, 3.63) is 114 Å². The van der Waals surface area contributed by atoms with Gasteiger partial charge in [0.05, 0.1) is 16.3 Å². The van der Waals surface area contributed by atoms with Crippen LogP contribution in [-0.2, 0) is 16.6 Å². The molecule has 3 aromatic carbocycles. The third-order valence-corrected chi connectivity index (χ3v) is 8.13. The van der Waals surface area contributed by atoms with Crippen molar-refractivity contribution in [2.75, 3.05) is 0 Å². The minimum Gasteiger partial charge on any atom is -0.493 e. The maximum absolute atomic E-state index is 12.6. The van der Waals surface area contributed by atoms with E-state index >= 15 is 0 Å². The summed E-state index contributed by atoms with van der Waals surface area (Å²) in [5, 5.41) is 10.8. The Morgan fingerprint density at radius 1 is 1.00 bits per heavy atom. The van der Waals surface area contributed by atoms with Crippen LogP contribution in [0.15, 0.2) is 90.7 Å². The van der Waals surface area contributed by atoms with Crippen LogP contribution in [0.1, 0.15) is 22.3 Å². The second kappa shape index (κ2) is 10.7. The van der Waals surface area contributed by atoms with Gasteiger partial charge >= 0.3 is 5.69 Å². The first-order valence-electron chi connectivity index (χ1n) is 11.1. The predicted molar refractivity (Wildman–Crippen MR) is 146 cm³/mol. The molecule has 0 bridgehead atoms. The average Bonchev–Trinajstić information content (AvgIpc) is 2.88. The van der Waals surface area contributed by atoms with Crippen LogP contribution in [0, 0.1) is 13.8 Å². The van der Waals surface area contributed by atoms with Crippen molar-refractivity contribution in [2.24, 2.45) is 4.99 Å². The fraction of sp³-hybridized carbons (Fsp3) is 0.115. The fourth-order valence-corrected chi connectivity index (χ4v) is 5.05. The average molecular weight is 583 g/mol. The van der Waals surface area contributed by atoms with Crippen molar-refractivity contribution in [1.29, 1.82) is 0 Å². The molecule has 0 fully saturated rings. The number of aromatic hydroxyl groups is 1. The molecule has 0 unspecified atom stereocenters. The van der Waals surface area contributed by atoms with Crippen LogP contribution in [-0.4, -0.2) is 29.3 Å². The molecule has 0 spiro atoms. The topological polar surface area (TPSA) is 134 Å². The first-order valence-corrected chi connectivity index (χ1v) is 13.4. The van der Waals surface area contributed by atoms with Crippen LogP contribution in [0.5, 0.6) is 5.88 Å². The Hall–Kier alpha value is -3.80. The van der Waals surface area contributed by atoms with Gasteiger partial charge in [-0.3, -0.25) is 14.8 Å². The number of nitrogens with one attached hydrogen (secondary N) is 2. The maximum atomic E-state index is 12.6. The fourth-order valence-electron chi connectivity index (χ4n) is 3.60. The number of benzene rings is 3. The number of halogens is 1. The van der Waals surface area contributed by atoms with Crippen LogP contribution in [0.2, 0.25) is 0 Å². The summed E-state index contributed by atoms with van der Waals surface area (Å²) in [5.74, 6) is -0.563. The molecule has 0 aliphatic heterocycles. The highest BCUT2D eigenvalue weighted by Crippen LogP contribution is 2.27. The zero-order valence-corrected chi connectivity index (χ0v) is 22.3. The van der Waals surface area contributed by atoms with Crippen molar-refractivity contribution in [3.63, 3.8) is 0 Å². The second-order valence-corrected chi connectivity index (χ2v) is 10.8. The Balaban J connectivity index is 1.61. The standard InChI is InChI=1S/C26H23BrN4O5S/c1-16-17(2)23(13-12-22(16)27)31-25(33)21(24(32)30-26(31)34)15-28-19-8-10-20(11-9-19)37(35,36)29-14-18-6-4-3-5-7-18/h3-13,15,29,33H,14H2,1-2H3,(H,30,32,34). The molecule has 0 saturated heterocycles. The molecular weight excluding hydrogens is 560 g/mol. The summed E-state index contributed by atoms with van der Waals surface area (Å²) in [5.41, 5.74) is 1.37. The Bertz CT molecular complexity index is 1710. The van der Waals surface area contributed by atoms with E-state index in [1.807, 2.05) is 37.3 Å².